The first-order valence-electron chi connectivity index (χ1n) is 8.05. The van der Waals surface area contributed by atoms with Gasteiger partial charge in [0.2, 0.25) is 6.10 Å². The van der Waals surface area contributed by atoms with Gasteiger partial charge in [0.05, 0.1) is 5.56 Å². The van der Waals surface area contributed by atoms with E-state index in [9.17, 15) is 9.59 Å². The molecule has 1 saturated heterocycles. The average molecular weight is 378 g/mol. The maximum atomic E-state index is 12.8. The monoisotopic (exact) mass is 377 g/mol. The third kappa shape index (κ3) is 4.33. The molecule has 2 aromatic rings. The van der Waals surface area contributed by atoms with E-state index in [0.717, 1.165) is 12.8 Å². The van der Waals surface area contributed by atoms with Crippen LogP contribution in [0.25, 0.3) is 0 Å². The molecular formula is C19H17Cl2NO3. The van der Waals surface area contributed by atoms with Crippen LogP contribution in [0.4, 0.5) is 0 Å². The standard InChI is InChI=1S/C19H17Cl2NO3/c20-15-10-14(11-16(21)12-15)19(24)25-17(13-6-2-1-3-7-13)18(23)22-8-4-5-9-22/h1-3,6-7,10-12,17H,4-5,8-9H2/t17-/m1/s1. The number of halogens is 2. The first kappa shape index (κ1) is 17.8. The van der Waals surface area contributed by atoms with Crippen LogP contribution in [0.1, 0.15) is 34.9 Å². The Kier molecular flexibility index (Phi) is 5.61. The van der Waals surface area contributed by atoms with Gasteiger partial charge in [0.25, 0.3) is 5.91 Å². The number of nitrogens with zero attached hydrogens (tertiary/aromatic N) is 1. The first-order chi connectivity index (χ1) is 12.0. The summed E-state index contributed by atoms with van der Waals surface area (Å²) in [6.07, 6.45) is 0.945. The maximum Gasteiger partial charge on any atom is 0.339 e. The summed E-state index contributed by atoms with van der Waals surface area (Å²) in [5.41, 5.74) is 0.855. The van der Waals surface area contributed by atoms with Gasteiger partial charge in [-0.25, -0.2) is 4.79 Å². The topological polar surface area (TPSA) is 46.6 Å². The lowest BCUT2D eigenvalue weighted by atomic mass is 10.1. The molecular weight excluding hydrogens is 361 g/mol. The molecule has 4 nitrogen and oxygen atoms in total. The second kappa shape index (κ2) is 7.89. The van der Waals surface area contributed by atoms with E-state index < -0.39 is 12.1 Å². The summed E-state index contributed by atoms with van der Waals surface area (Å²) in [4.78, 5) is 27.1. The zero-order valence-corrected chi connectivity index (χ0v) is 15.0. The fourth-order valence-electron chi connectivity index (χ4n) is 2.84. The molecule has 130 valence electrons. The molecule has 1 aliphatic rings. The molecule has 0 radical (unpaired) electrons. The normalized spacial score (nSPS) is 15.0. The highest BCUT2D eigenvalue weighted by molar-refractivity contribution is 6.35. The van der Waals surface area contributed by atoms with Crippen molar-refractivity contribution in [3.63, 3.8) is 0 Å². The summed E-state index contributed by atoms with van der Waals surface area (Å²) >= 11 is 11.9. The minimum Gasteiger partial charge on any atom is -0.444 e. The zero-order chi connectivity index (χ0) is 17.8. The Morgan fingerprint density at radius 1 is 0.960 bits per heavy atom. The third-order valence-electron chi connectivity index (χ3n) is 4.07. The molecule has 3 rings (SSSR count). The van der Waals surface area contributed by atoms with Crippen LogP contribution >= 0.6 is 23.2 Å². The number of hydrogen-bond donors (Lipinski definition) is 0. The molecule has 25 heavy (non-hydrogen) atoms. The van der Waals surface area contributed by atoms with Crippen molar-refractivity contribution in [1.29, 1.82) is 0 Å². The summed E-state index contributed by atoms with van der Waals surface area (Å²) in [5, 5.41) is 0.670. The quantitative estimate of drug-likeness (QED) is 0.736. The Morgan fingerprint density at radius 3 is 2.16 bits per heavy atom. The van der Waals surface area contributed by atoms with Crippen LogP contribution in [0, 0.1) is 0 Å². The Balaban J connectivity index is 1.86. The molecule has 6 heteroatoms. The number of esters is 1. The molecule has 0 saturated carbocycles. The summed E-state index contributed by atoms with van der Waals surface area (Å²) in [5.74, 6) is -0.837. The predicted octanol–water partition coefficient (Wildman–Crippen LogP) is 4.51. The molecule has 0 spiro atoms. The average Bonchev–Trinajstić information content (AvgIpc) is 3.13. The van der Waals surface area contributed by atoms with Crippen LogP contribution in [0.3, 0.4) is 0 Å². The van der Waals surface area contributed by atoms with Crippen LogP contribution in [0.15, 0.2) is 48.5 Å². The molecule has 1 aliphatic heterocycles. The van der Waals surface area contributed by atoms with Crippen molar-refractivity contribution in [2.45, 2.75) is 18.9 Å². The van der Waals surface area contributed by atoms with Crippen molar-refractivity contribution in [2.24, 2.45) is 0 Å². The number of ether oxygens (including phenoxy) is 1. The molecule has 2 aromatic carbocycles. The molecule has 1 atom stereocenters. The van der Waals surface area contributed by atoms with Crippen molar-refractivity contribution in [1.82, 2.24) is 4.90 Å². The molecule has 0 N–H and O–H groups in total. The van der Waals surface area contributed by atoms with Crippen LogP contribution in [0.2, 0.25) is 10.0 Å². The number of benzene rings is 2. The molecule has 1 fully saturated rings. The van der Waals surface area contributed by atoms with E-state index in [-0.39, 0.29) is 11.5 Å². The predicted molar refractivity (Wildman–Crippen MR) is 96.9 cm³/mol. The third-order valence-corrected chi connectivity index (χ3v) is 4.50. The number of rotatable bonds is 4. The van der Waals surface area contributed by atoms with Crippen LogP contribution in [-0.2, 0) is 9.53 Å². The SMILES string of the molecule is O=C(O[C@@H](C(=O)N1CCCC1)c1ccccc1)c1cc(Cl)cc(Cl)c1. The number of carbonyl (C=O) groups is 2. The summed E-state index contributed by atoms with van der Waals surface area (Å²) in [6.45, 7) is 1.37. The van der Waals surface area contributed by atoms with Crippen LogP contribution in [-0.4, -0.2) is 29.9 Å². The van der Waals surface area contributed by atoms with Gasteiger partial charge in [0.1, 0.15) is 0 Å². The minimum absolute atomic E-state index is 0.204. The second-order valence-corrected chi connectivity index (χ2v) is 6.76. The number of hydrogen-bond acceptors (Lipinski definition) is 3. The Bertz CT molecular complexity index is 753. The Morgan fingerprint density at radius 2 is 1.56 bits per heavy atom. The van der Waals surface area contributed by atoms with Gasteiger partial charge >= 0.3 is 5.97 Å². The summed E-state index contributed by atoms with van der Waals surface area (Å²) in [7, 11) is 0. The summed E-state index contributed by atoms with van der Waals surface area (Å²) < 4.78 is 5.56. The lowest BCUT2D eigenvalue weighted by Gasteiger charge is -2.23. The van der Waals surface area contributed by atoms with E-state index >= 15 is 0 Å². The van der Waals surface area contributed by atoms with Gasteiger partial charge in [-0.15, -0.1) is 0 Å². The van der Waals surface area contributed by atoms with Gasteiger partial charge < -0.3 is 9.64 Å². The highest BCUT2D eigenvalue weighted by atomic mass is 35.5. The van der Waals surface area contributed by atoms with Gasteiger partial charge in [-0.05, 0) is 31.0 Å². The van der Waals surface area contributed by atoms with E-state index in [0.29, 0.717) is 28.7 Å². The van der Waals surface area contributed by atoms with Crippen molar-refractivity contribution in [3.8, 4) is 0 Å². The van der Waals surface area contributed by atoms with Crippen LogP contribution < -0.4 is 0 Å². The molecule has 0 bridgehead atoms. The van der Waals surface area contributed by atoms with E-state index in [1.807, 2.05) is 18.2 Å². The smallest absolute Gasteiger partial charge is 0.339 e. The molecule has 0 unspecified atom stereocenters. The van der Waals surface area contributed by atoms with Gasteiger partial charge in [0, 0.05) is 28.7 Å². The van der Waals surface area contributed by atoms with E-state index in [1.54, 1.807) is 17.0 Å². The number of likely N-dealkylation sites (tertiary alicyclic amines) is 1. The van der Waals surface area contributed by atoms with Gasteiger partial charge in [-0.2, -0.15) is 0 Å². The van der Waals surface area contributed by atoms with Crippen molar-refractivity contribution in [3.05, 3.63) is 69.7 Å². The number of amides is 1. The maximum absolute atomic E-state index is 12.8. The highest BCUT2D eigenvalue weighted by Gasteiger charge is 2.31. The van der Waals surface area contributed by atoms with Crippen LogP contribution in [0.5, 0.6) is 0 Å². The fourth-order valence-corrected chi connectivity index (χ4v) is 3.37. The zero-order valence-electron chi connectivity index (χ0n) is 13.5. The molecule has 0 aliphatic carbocycles. The van der Waals surface area contributed by atoms with Crippen molar-refractivity contribution in [2.75, 3.05) is 13.1 Å². The second-order valence-electron chi connectivity index (χ2n) is 5.89. The van der Waals surface area contributed by atoms with Crippen molar-refractivity contribution < 1.29 is 14.3 Å². The fraction of sp³-hybridized carbons (Fsp3) is 0.263. The first-order valence-corrected chi connectivity index (χ1v) is 8.81. The largest absolute Gasteiger partial charge is 0.444 e. The lowest BCUT2D eigenvalue weighted by molar-refractivity contribution is -0.140. The molecule has 1 amide bonds. The van der Waals surface area contributed by atoms with Gasteiger partial charge in [0.15, 0.2) is 0 Å². The molecule has 0 aromatic heterocycles. The lowest BCUT2D eigenvalue weighted by Crippen LogP contribution is -2.34. The van der Waals surface area contributed by atoms with Gasteiger partial charge in [-0.3, -0.25) is 4.79 Å². The van der Waals surface area contributed by atoms with E-state index in [4.69, 9.17) is 27.9 Å². The Labute approximate surface area is 156 Å². The highest BCUT2D eigenvalue weighted by Crippen LogP contribution is 2.26. The van der Waals surface area contributed by atoms with Gasteiger partial charge in [-0.1, -0.05) is 53.5 Å². The number of carbonyl (C=O) groups excluding carboxylic acids is 2. The molecule has 1 heterocycles. The summed E-state index contributed by atoms with van der Waals surface area (Å²) in [6, 6.07) is 13.5. The minimum atomic E-state index is -0.982. The van der Waals surface area contributed by atoms with E-state index in [2.05, 4.69) is 0 Å². The van der Waals surface area contributed by atoms with Crippen molar-refractivity contribution >= 4 is 35.1 Å². The van der Waals surface area contributed by atoms with E-state index in [1.165, 1.54) is 18.2 Å². The Hall–Kier alpha value is -2.04.